The molecule has 1 aliphatic rings. The van der Waals surface area contributed by atoms with Gasteiger partial charge in [-0.25, -0.2) is 0 Å². The molecular formula is C13H21N3OS2. The lowest BCUT2D eigenvalue weighted by molar-refractivity contribution is 0.0958. The Labute approximate surface area is 122 Å². The quantitative estimate of drug-likeness (QED) is 0.677. The number of carbonyl (C=O) groups excluding carboxylic acids is 1. The molecule has 0 bridgehead atoms. The Bertz CT molecular complexity index is 455. The molecule has 0 unspecified atom stereocenters. The van der Waals surface area contributed by atoms with Crippen molar-refractivity contribution in [2.75, 3.05) is 30.4 Å². The number of carbonyl (C=O) groups is 1. The van der Waals surface area contributed by atoms with Crippen LogP contribution in [0.5, 0.6) is 0 Å². The molecule has 6 heteroatoms. The van der Waals surface area contributed by atoms with Crippen LogP contribution in [0.15, 0.2) is 4.90 Å². The number of nitrogen functional groups attached to an aromatic ring is 1. The molecule has 0 spiro atoms. The van der Waals surface area contributed by atoms with Gasteiger partial charge in [0.25, 0.3) is 5.91 Å². The van der Waals surface area contributed by atoms with Gasteiger partial charge >= 0.3 is 0 Å². The van der Waals surface area contributed by atoms with Crippen molar-refractivity contribution in [2.45, 2.75) is 31.1 Å². The van der Waals surface area contributed by atoms with Crippen LogP contribution in [-0.4, -0.2) is 25.3 Å². The van der Waals surface area contributed by atoms with Gasteiger partial charge in [0.1, 0.15) is 9.88 Å². The van der Waals surface area contributed by atoms with Crippen LogP contribution >= 0.6 is 23.1 Å². The van der Waals surface area contributed by atoms with E-state index < -0.39 is 0 Å². The fourth-order valence-electron chi connectivity index (χ4n) is 1.79. The maximum Gasteiger partial charge on any atom is 0.263 e. The monoisotopic (exact) mass is 299 g/mol. The molecule has 19 heavy (non-hydrogen) atoms. The van der Waals surface area contributed by atoms with Crippen molar-refractivity contribution < 1.29 is 4.79 Å². The Morgan fingerprint density at radius 3 is 2.84 bits per heavy atom. The zero-order chi connectivity index (χ0) is 13.8. The summed E-state index contributed by atoms with van der Waals surface area (Å²) in [5.74, 6) is 0.745. The minimum Gasteiger partial charge on any atom is -0.396 e. The number of amides is 1. The summed E-state index contributed by atoms with van der Waals surface area (Å²) in [6.07, 6.45) is 5.55. The van der Waals surface area contributed by atoms with E-state index in [1.165, 1.54) is 24.2 Å². The summed E-state index contributed by atoms with van der Waals surface area (Å²) in [6.45, 7) is 3.72. The Balaban J connectivity index is 2.11. The van der Waals surface area contributed by atoms with Crippen LogP contribution in [0, 0.1) is 5.92 Å². The normalized spacial score (nSPS) is 14.4. The minimum atomic E-state index is -0.0564. The third kappa shape index (κ3) is 3.57. The number of rotatable bonds is 7. The van der Waals surface area contributed by atoms with E-state index >= 15 is 0 Å². The zero-order valence-corrected chi connectivity index (χ0v) is 13.0. The molecule has 1 saturated carbocycles. The lowest BCUT2D eigenvalue weighted by atomic mass is 10.3. The maximum atomic E-state index is 12.0. The first-order chi connectivity index (χ1) is 9.17. The lowest BCUT2D eigenvalue weighted by Gasteiger charge is -2.04. The molecule has 106 valence electrons. The van der Waals surface area contributed by atoms with E-state index in [1.54, 1.807) is 11.8 Å². The van der Waals surface area contributed by atoms with E-state index in [2.05, 4.69) is 10.6 Å². The third-order valence-electron chi connectivity index (χ3n) is 3.09. The van der Waals surface area contributed by atoms with Crippen molar-refractivity contribution in [3.63, 3.8) is 0 Å². The van der Waals surface area contributed by atoms with E-state index in [1.807, 2.05) is 13.2 Å². The summed E-state index contributed by atoms with van der Waals surface area (Å²) in [5, 5.41) is 7.36. The minimum absolute atomic E-state index is 0.0564. The number of nitrogens with two attached hydrogens (primary N) is 1. The Kier molecular flexibility index (Phi) is 4.99. The largest absolute Gasteiger partial charge is 0.396 e. The molecule has 0 aliphatic heterocycles. The molecule has 4 nitrogen and oxygen atoms in total. The Morgan fingerprint density at radius 1 is 1.53 bits per heavy atom. The summed E-state index contributed by atoms with van der Waals surface area (Å²) in [6, 6.07) is 0. The number of nitrogens with one attached hydrogen (secondary N) is 2. The second-order valence-electron chi connectivity index (χ2n) is 4.79. The van der Waals surface area contributed by atoms with Crippen LogP contribution in [0.2, 0.25) is 0 Å². The molecule has 0 aromatic carbocycles. The van der Waals surface area contributed by atoms with Gasteiger partial charge in [0.15, 0.2) is 0 Å². The van der Waals surface area contributed by atoms with E-state index in [9.17, 15) is 4.79 Å². The highest BCUT2D eigenvalue weighted by Gasteiger charge is 2.24. The van der Waals surface area contributed by atoms with Gasteiger partial charge in [-0.2, -0.15) is 0 Å². The van der Waals surface area contributed by atoms with Crippen LogP contribution in [0.4, 0.5) is 10.7 Å². The molecule has 1 aromatic rings. The van der Waals surface area contributed by atoms with Crippen LogP contribution in [0.3, 0.4) is 0 Å². The van der Waals surface area contributed by atoms with Gasteiger partial charge in [0.2, 0.25) is 0 Å². The van der Waals surface area contributed by atoms with Crippen molar-refractivity contribution in [1.29, 1.82) is 0 Å². The number of thiophene rings is 1. The standard InChI is InChI=1S/C13H21N3OS2/c1-3-6-15-12(17)10-9(14)11(18-2)13(19-10)16-7-8-4-5-8/h8,16H,3-7,14H2,1-2H3,(H,15,17). The molecule has 1 amide bonds. The SMILES string of the molecule is CCCNC(=O)c1sc(NCC2CC2)c(SC)c1N. The van der Waals surface area contributed by atoms with Crippen LogP contribution in [0.25, 0.3) is 0 Å². The fourth-order valence-corrected chi connectivity index (χ4v) is 3.75. The Morgan fingerprint density at radius 2 is 2.26 bits per heavy atom. The predicted molar refractivity (Wildman–Crippen MR) is 84.4 cm³/mol. The van der Waals surface area contributed by atoms with Crippen LogP contribution in [0.1, 0.15) is 35.9 Å². The molecule has 0 saturated heterocycles. The second kappa shape index (κ2) is 6.52. The van der Waals surface area contributed by atoms with Crippen molar-refractivity contribution in [1.82, 2.24) is 5.32 Å². The van der Waals surface area contributed by atoms with E-state index in [0.29, 0.717) is 17.1 Å². The molecule has 0 radical (unpaired) electrons. The predicted octanol–water partition coefficient (Wildman–Crippen LogP) is 3.01. The van der Waals surface area contributed by atoms with Crippen molar-refractivity contribution >= 4 is 39.7 Å². The first-order valence-electron chi connectivity index (χ1n) is 6.65. The smallest absolute Gasteiger partial charge is 0.263 e. The first-order valence-corrected chi connectivity index (χ1v) is 8.69. The maximum absolute atomic E-state index is 12.0. The fraction of sp³-hybridized carbons (Fsp3) is 0.615. The van der Waals surface area contributed by atoms with E-state index in [-0.39, 0.29) is 5.91 Å². The van der Waals surface area contributed by atoms with E-state index in [4.69, 9.17) is 5.73 Å². The summed E-state index contributed by atoms with van der Waals surface area (Å²) in [5.41, 5.74) is 6.71. The molecule has 2 rings (SSSR count). The number of thioether (sulfide) groups is 1. The highest BCUT2D eigenvalue weighted by atomic mass is 32.2. The van der Waals surface area contributed by atoms with Gasteiger partial charge in [-0.15, -0.1) is 23.1 Å². The van der Waals surface area contributed by atoms with Gasteiger partial charge in [0, 0.05) is 13.1 Å². The molecule has 1 fully saturated rings. The number of anilines is 2. The number of hydrogen-bond acceptors (Lipinski definition) is 5. The topological polar surface area (TPSA) is 67.2 Å². The summed E-state index contributed by atoms with van der Waals surface area (Å²) < 4.78 is 0. The van der Waals surface area contributed by atoms with E-state index in [0.717, 1.165) is 28.8 Å². The molecule has 1 aromatic heterocycles. The highest BCUT2D eigenvalue weighted by molar-refractivity contribution is 7.99. The summed E-state index contributed by atoms with van der Waals surface area (Å²) in [4.78, 5) is 13.7. The van der Waals surface area contributed by atoms with Gasteiger partial charge in [-0.05, 0) is 31.4 Å². The highest BCUT2D eigenvalue weighted by Crippen LogP contribution is 2.42. The zero-order valence-electron chi connectivity index (χ0n) is 11.4. The second-order valence-corrected chi connectivity index (χ2v) is 6.62. The molecule has 0 atom stereocenters. The number of hydrogen-bond donors (Lipinski definition) is 3. The molecule has 1 heterocycles. The van der Waals surface area contributed by atoms with Gasteiger partial charge in [0.05, 0.1) is 10.6 Å². The van der Waals surface area contributed by atoms with Gasteiger partial charge < -0.3 is 16.4 Å². The molecule has 4 N–H and O–H groups in total. The summed E-state index contributed by atoms with van der Waals surface area (Å²) in [7, 11) is 0. The van der Waals surface area contributed by atoms with Crippen molar-refractivity contribution in [2.24, 2.45) is 5.92 Å². The Hall–Kier alpha value is -0.880. The molecular weight excluding hydrogens is 278 g/mol. The third-order valence-corrected chi connectivity index (χ3v) is 5.22. The average Bonchev–Trinajstić information content (AvgIpc) is 3.17. The van der Waals surface area contributed by atoms with Crippen molar-refractivity contribution in [3.8, 4) is 0 Å². The van der Waals surface area contributed by atoms with Crippen molar-refractivity contribution in [3.05, 3.63) is 4.88 Å². The summed E-state index contributed by atoms with van der Waals surface area (Å²) >= 11 is 3.07. The first kappa shape index (κ1) is 14.5. The van der Waals surface area contributed by atoms with Gasteiger partial charge in [-0.3, -0.25) is 4.79 Å². The molecule has 1 aliphatic carbocycles. The van der Waals surface area contributed by atoms with Gasteiger partial charge in [-0.1, -0.05) is 6.92 Å². The average molecular weight is 299 g/mol. The lowest BCUT2D eigenvalue weighted by Crippen LogP contribution is -2.23. The van der Waals surface area contributed by atoms with Crippen LogP contribution in [-0.2, 0) is 0 Å². The van der Waals surface area contributed by atoms with Crippen LogP contribution < -0.4 is 16.4 Å².